The van der Waals surface area contributed by atoms with Gasteiger partial charge in [-0.1, -0.05) is 75.2 Å². The van der Waals surface area contributed by atoms with Crippen LogP contribution in [-0.4, -0.2) is 0 Å². The molecule has 0 aliphatic carbocycles. The molecule has 1 radical (unpaired) electrons. The zero-order chi connectivity index (χ0) is 14.6. The first kappa shape index (κ1) is 18.0. The van der Waals surface area contributed by atoms with Gasteiger partial charge in [0.05, 0.1) is 0 Å². The van der Waals surface area contributed by atoms with Gasteiger partial charge in [-0.25, -0.2) is 0 Å². The van der Waals surface area contributed by atoms with Crippen molar-refractivity contribution < 1.29 is 0 Å². The maximum absolute atomic E-state index is 2.41. The van der Waals surface area contributed by atoms with Gasteiger partial charge in [-0.15, -0.1) is 0 Å². The standard InChI is InChI=1S/C18H37/c1-10-16(13-18(8,9)14(2)3)12-11-15(4)17(5,6)7/h15-16H,10-13H2,1-9H3. The summed E-state index contributed by atoms with van der Waals surface area (Å²) in [5, 5.41) is 0. The van der Waals surface area contributed by atoms with Gasteiger partial charge >= 0.3 is 0 Å². The lowest BCUT2D eigenvalue weighted by Crippen LogP contribution is -2.23. The maximum Gasteiger partial charge on any atom is -0.0246 e. The summed E-state index contributed by atoms with van der Waals surface area (Å²) in [6.07, 6.45) is 5.45. The van der Waals surface area contributed by atoms with E-state index in [0.717, 1.165) is 11.8 Å². The van der Waals surface area contributed by atoms with Gasteiger partial charge < -0.3 is 0 Å². The number of hydrogen-bond donors (Lipinski definition) is 0. The molecule has 0 amide bonds. The average molecular weight is 253 g/mol. The molecular formula is C18H37. The second-order valence-corrected chi connectivity index (χ2v) is 8.21. The Labute approximate surface area is 117 Å². The van der Waals surface area contributed by atoms with Gasteiger partial charge in [0.25, 0.3) is 0 Å². The van der Waals surface area contributed by atoms with Crippen molar-refractivity contribution in [2.45, 2.75) is 88.0 Å². The topological polar surface area (TPSA) is 0 Å². The van der Waals surface area contributed by atoms with Crippen molar-refractivity contribution in [3.05, 3.63) is 5.92 Å². The van der Waals surface area contributed by atoms with Crippen LogP contribution in [0.25, 0.3) is 0 Å². The lowest BCUT2D eigenvalue weighted by Gasteiger charge is -2.34. The molecule has 109 valence electrons. The predicted molar refractivity (Wildman–Crippen MR) is 84.6 cm³/mol. The largest absolute Gasteiger partial charge is 0.0651 e. The van der Waals surface area contributed by atoms with E-state index < -0.39 is 0 Å². The highest BCUT2D eigenvalue weighted by Gasteiger charge is 2.27. The Balaban J connectivity index is 4.29. The molecule has 0 heterocycles. The lowest BCUT2D eigenvalue weighted by molar-refractivity contribution is 0.206. The van der Waals surface area contributed by atoms with Crippen LogP contribution in [0.3, 0.4) is 0 Å². The van der Waals surface area contributed by atoms with Crippen LogP contribution in [0.5, 0.6) is 0 Å². The minimum Gasteiger partial charge on any atom is -0.0651 e. The summed E-state index contributed by atoms with van der Waals surface area (Å²) < 4.78 is 0. The third kappa shape index (κ3) is 6.25. The summed E-state index contributed by atoms with van der Waals surface area (Å²) >= 11 is 0. The normalized spacial score (nSPS) is 17.0. The molecule has 0 aliphatic heterocycles. The summed E-state index contributed by atoms with van der Waals surface area (Å²) in [5.74, 6) is 3.28. The summed E-state index contributed by atoms with van der Waals surface area (Å²) in [5.41, 5.74) is 0.867. The molecule has 2 unspecified atom stereocenters. The van der Waals surface area contributed by atoms with E-state index in [-0.39, 0.29) is 0 Å². The van der Waals surface area contributed by atoms with Crippen molar-refractivity contribution in [1.29, 1.82) is 0 Å². The van der Waals surface area contributed by atoms with Crippen molar-refractivity contribution in [1.82, 2.24) is 0 Å². The Bertz CT molecular complexity index is 217. The summed E-state index contributed by atoms with van der Waals surface area (Å²) in [6.45, 7) is 21.2. The van der Waals surface area contributed by atoms with E-state index in [1.165, 1.54) is 25.7 Å². The van der Waals surface area contributed by atoms with Crippen molar-refractivity contribution in [2.24, 2.45) is 22.7 Å². The molecule has 0 aliphatic rings. The van der Waals surface area contributed by atoms with E-state index in [2.05, 4.69) is 62.3 Å². The molecule has 0 heteroatoms. The van der Waals surface area contributed by atoms with E-state index >= 15 is 0 Å². The molecule has 0 bridgehead atoms. The lowest BCUT2D eigenvalue weighted by atomic mass is 9.71. The highest BCUT2D eigenvalue weighted by Crippen LogP contribution is 2.39. The maximum atomic E-state index is 2.41. The second-order valence-electron chi connectivity index (χ2n) is 8.21. The molecular weight excluding hydrogens is 216 g/mol. The molecule has 0 fully saturated rings. The molecule has 0 saturated carbocycles. The molecule has 0 N–H and O–H groups in total. The zero-order valence-electron chi connectivity index (χ0n) is 14.5. The van der Waals surface area contributed by atoms with Crippen molar-refractivity contribution >= 4 is 0 Å². The molecule has 0 spiro atoms. The molecule has 0 nitrogen and oxygen atoms in total. The van der Waals surface area contributed by atoms with Crippen LogP contribution in [0.15, 0.2) is 0 Å². The fourth-order valence-electron chi connectivity index (χ4n) is 2.30. The van der Waals surface area contributed by atoms with Gasteiger partial charge in [0, 0.05) is 0 Å². The third-order valence-electron chi connectivity index (χ3n) is 5.22. The van der Waals surface area contributed by atoms with Gasteiger partial charge in [0.15, 0.2) is 0 Å². The average Bonchev–Trinajstić information content (AvgIpc) is 2.21. The molecule has 2 atom stereocenters. The Morgan fingerprint density at radius 2 is 1.44 bits per heavy atom. The van der Waals surface area contributed by atoms with Crippen LogP contribution in [-0.2, 0) is 0 Å². The summed E-state index contributed by atoms with van der Waals surface area (Å²) in [6, 6.07) is 0. The van der Waals surface area contributed by atoms with Crippen LogP contribution >= 0.6 is 0 Å². The Morgan fingerprint density at radius 1 is 0.944 bits per heavy atom. The Hall–Kier alpha value is 0. The van der Waals surface area contributed by atoms with Gasteiger partial charge in [0.1, 0.15) is 0 Å². The summed E-state index contributed by atoms with van der Waals surface area (Å²) in [7, 11) is 0. The zero-order valence-corrected chi connectivity index (χ0v) is 14.5. The van der Waals surface area contributed by atoms with Crippen LogP contribution in [0.2, 0.25) is 0 Å². The van der Waals surface area contributed by atoms with Gasteiger partial charge in [-0.3, -0.25) is 0 Å². The van der Waals surface area contributed by atoms with Gasteiger partial charge in [-0.2, -0.15) is 0 Å². The van der Waals surface area contributed by atoms with Crippen LogP contribution in [0, 0.1) is 28.6 Å². The van der Waals surface area contributed by atoms with E-state index in [0.29, 0.717) is 10.8 Å². The third-order valence-corrected chi connectivity index (χ3v) is 5.22. The fraction of sp³-hybridized carbons (Fsp3) is 0.944. The molecule has 0 aromatic heterocycles. The molecule has 0 aromatic rings. The predicted octanol–water partition coefficient (Wildman–Crippen LogP) is 6.51. The SMILES string of the molecule is CCC(CCC(C)C(C)(C)C)CC(C)(C)[C](C)C. The van der Waals surface area contributed by atoms with Gasteiger partial charge in [-0.05, 0) is 41.4 Å². The second kappa shape index (κ2) is 6.96. The highest BCUT2D eigenvalue weighted by molar-refractivity contribution is 4.95. The number of rotatable bonds is 7. The molecule has 0 rings (SSSR count). The first-order chi connectivity index (χ1) is 8.00. The smallest absolute Gasteiger partial charge is 0.0246 e. The van der Waals surface area contributed by atoms with Crippen molar-refractivity contribution in [3.8, 4) is 0 Å². The monoisotopic (exact) mass is 253 g/mol. The fourth-order valence-corrected chi connectivity index (χ4v) is 2.30. The van der Waals surface area contributed by atoms with Crippen LogP contribution in [0.1, 0.15) is 88.0 Å². The minimum absolute atomic E-state index is 0.408. The highest BCUT2D eigenvalue weighted by atomic mass is 14.3. The van der Waals surface area contributed by atoms with Crippen molar-refractivity contribution in [2.75, 3.05) is 0 Å². The van der Waals surface area contributed by atoms with Crippen LogP contribution in [0.4, 0.5) is 0 Å². The van der Waals surface area contributed by atoms with E-state index in [1.54, 1.807) is 5.92 Å². The molecule has 18 heavy (non-hydrogen) atoms. The van der Waals surface area contributed by atoms with E-state index in [4.69, 9.17) is 0 Å². The van der Waals surface area contributed by atoms with Crippen LogP contribution < -0.4 is 0 Å². The van der Waals surface area contributed by atoms with E-state index in [1.807, 2.05) is 0 Å². The molecule has 0 aromatic carbocycles. The Morgan fingerprint density at radius 3 is 1.78 bits per heavy atom. The Kier molecular flexibility index (Phi) is 6.96. The first-order valence-corrected chi connectivity index (χ1v) is 7.81. The van der Waals surface area contributed by atoms with E-state index in [9.17, 15) is 0 Å². The molecule has 0 saturated heterocycles. The summed E-state index contributed by atoms with van der Waals surface area (Å²) in [4.78, 5) is 0. The van der Waals surface area contributed by atoms with Crippen molar-refractivity contribution in [3.63, 3.8) is 0 Å². The first-order valence-electron chi connectivity index (χ1n) is 7.81. The number of hydrogen-bond acceptors (Lipinski definition) is 0. The minimum atomic E-state index is 0.408. The van der Waals surface area contributed by atoms with Gasteiger partial charge in [0.2, 0.25) is 0 Å². The quantitative estimate of drug-likeness (QED) is 0.485.